The number of likely N-dealkylation sites (N-methyl/N-ethyl adjacent to an activating group) is 1. The molecule has 3 aliphatic rings. The van der Waals surface area contributed by atoms with Gasteiger partial charge in [-0.05, 0) is 49.9 Å². The Kier molecular flexibility index (Phi) is 6.92. The highest BCUT2D eigenvalue weighted by Crippen LogP contribution is 2.29. The number of hydrogen-bond acceptors (Lipinski definition) is 6. The topological polar surface area (TPSA) is 91.3 Å². The van der Waals surface area contributed by atoms with Crippen molar-refractivity contribution in [1.82, 2.24) is 9.80 Å². The number of hydrogen-bond donors (Lipinski definition) is 1. The number of thioether (sulfide) groups is 1. The average molecular weight is 445 g/mol. The summed E-state index contributed by atoms with van der Waals surface area (Å²) < 4.78 is 5.59. The number of nitrogens with one attached hydrogen (secondary N) is 1. The molecule has 8 nitrogen and oxygen atoms in total. The minimum absolute atomic E-state index is 0.0760. The van der Waals surface area contributed by atoms with Crippen molar-refractivity contribution in [3.8, 4) is 0 Å². The number of nitrogens with zero attached hydrogens (tertiary/aromatic N) is 3. The number of amidine groups is 1. The Morgan fingerprint density at radius 2 is 1.97 bits per heavy atom. The molecular weight excluding hydrogens is 416 g/mol. The van der Waals surface area contributed by atoms with Crippen molar-refractivity contribution in [2.75, 3.05) is 38.6 Å². The van der Waals surface area contributed by atoms with Gasteiger partial charge in [-0.25, -0.2) is 0 Å². The van der Waals surface area contributed by atoms with Crippen molar-refractivity contribution < 1.29 is 19.1 Å². The van der Waals surface area contributed by atoms with Gasteiger partial charge in [-0.1, -0.05) is 11.8 Å². The molecule has 0 aromatic heterocycles. The summed E-state index contributed by atoms with van der Waals surface area (Å²) in [6.45, 7) is 3.18. The second-order valence-electron chi connectivity index (χ2n) is 8.18. The molecular formula is C22H28N4O4S. The van der Waals surface area contributed by atoms with Crippen LogP contribution < -0.4 is 5.32 Å². The van der Waals surface area contributed by atoms with E-state index >= 15 is 0 Å². The van der Waals surface area contributed by atoms with Gasteiger partial charge in [0.1, 0.15) is 5.25 Å². The highest BCUT2D eigenvalue weighted by molar-refractivity contribution is 8.15. The smallest absolute Gasteiger partial charge is 0.262 e. The summed E-state index contributed by atoms with van der Waals surface area (Å²) >= 11 is 1.38. The molecule has 2 saturated heterocycles. The molecule has 2 fully saturated rings. The van der Waals surface area contributed by atoms with Crippen LogP contribution in [0.15, 0.2) is 29.3 Å². The summed E-state index contributed by atoms with van der Waals surface area (Å²) in [4.78, 5) is 45.1. The van der Waals surface area contributed by atoms with Crippen LogP contribution in [0, 0.1) is 0 Å². The van der Waals surface area contributed by atoms with Crippen molar-refractivity contribution in [3.05, 3.63) is 29.8 Å². The maximum absolute atomic E-state index is 12.6. The Morgan fingerprint density at radius 1 is 1.23 bits per heavy atom. The summed E-state index contributed by atoms with van der Waals surface area (Å²) in [5.74, 6) is -0.552. The van der Waals surface area contributed by atoms with E-state index in [1.165, 1.54) is 11.8 Å². The molecule has 0 saturated carbocycles. The molecule has 166 valence electrons. The fraction of sp³-hybridized carbons (Fsp3) is 0.545. The highest BCUT2D eigenvalue weighted by atomic mass is 32.2. The molecule has 2 unspecified atom stereocenters. The summed E-state index contributed by atoms with van der Waals surface area (Å²) in [5.41, 5.74) is 1.16. The molecule has 0 spiro atoms. The first kappa shape index (κ1) is 21.8. The van der Waals surface area contributed by atoms with E-state index in [1.54, 1.807) is 36.2 Å². The Balaban J connectivity index is 1.26. The van der Waals surface area contributed by atoms with E-state index in [2.05, 4.69) is 15.2 Å². The minimum atomic E-state index is -0.470. The van der Waals surface area contributed by atoms with Crippen LogP contribution >= 0.6 is 11.8 Å². The minimum Gasteiger partial charge on any atom is -0.376 e. The number of amides is 3. The number of ether oxygens (including phenoxy) is 1. The first-order valence-electron chi connectivity index (χ1n) is 10.8. The molecule has 1 N–H and O–H groups in total. The first-order valence-corrected chi connectivity index (χ1v) is 11.7. The standard InChI is InChI=1S/C22H28N4O4S/c1-25(14-17-5-4-12-30-17)21(29)15-6-8-16(9-7-15)23-19(27)13-18-20(28)24-22(31-18)26-10-2-3-11-26/h6-9,17-18H,2-5,10-14H2,1H3,(H,23,27). The van der Waals surface area contributed by atoms with E-state index in [1.807, 2.05) is 0 Å². The van der Waals surface area contributed by atoms with Gasteiger partial charge in [0, 0.05) is 51.0 Å². The largest absolute Gasteiger partial charge is 0.376 e. The maximum atomic E-state index is 12.6. The number of likely N-dealkylation sites (tertiary alicyclic amines) is 1. The Bertz CT molecular complexity index is 861. The third-order valence-corrected chi connectivity index (χ3v) is 6.95. The van der Waals surface area contributed by atoms with Crippen LogP contribution in [-0.2, 0) is 14.3 Å². The molecule has 9 heteroatoms. The second-order valence-corrected chi connectivity index (χ2v) is 9.35. The van der Waals surface area contributed by atoms with Crippen molar-refractivity contribution in [2.24, 2.45) is 4.99 Å². The van der Waals surface area contributed by atoms with Crippen LogP contribution in [0.25, 0.3) is 0 Å². The van der Waals surface area contributed by atoms with E-state index in [0.717, 1.165) is 50.5 Å². The summed E-state index contributed by atoms with van der Waals surface area (Å²) in [5, 5.41) is 3.09. The van der Waals surface area contributed by atoms with Gasteiger partial charge in [-0.15, -0.1) is 0 Å². The van der Waals surface area contributed by atoms with Gasteiger partial charge < -0.3 is 19.9 Å². The van der Waals surface area contributed by atoms with Gasteiger partial charge in [0.05, 0.1) is 6.10 Å². The van der Waals surface area contributed by atoms with E-state index in [0.29, 0.717) is 17.8 Å². The number of aliphatic imine (C=N–C) groups is 1. The van der Waals surface area contributed by atoms with Gasteiger partial charge in [0.2, 0.25) is 5.91 Å². The van der Waals surface area contributed by atoms with Gasteiger partial charge in [-0.3, -0.25) is 14.4 Å². The lowest BCUT2D eigenvalue weighted by atomic mass is 10.1. The zero-order chi connectivity index (χ0) is 21.8. The summed E-state index contributed by atoms with van der Waals surface area (Å²) in [6.07, 6.45) is 4.43. The first-order chi connectivity index (χ1) is 15.0. The van der Waals surface area contributed by atoms with Crippen LogP contribution in [-0.4, -0.2) is 77.3 Å². The molecule has 1 aromatic carbocycles. The number of rotatable bonds is 6. The van der Waals surface area contributed by atoms with E-state index < -0.39 is 5.25 Å². The zero-order valence-electron chi connectivity index (χ0n) is 17.7. The van der Waals surface area contributed by atoms with E-state index in [4.69, 9.17) is 4.74 Å². The zero-order valence-corrected chi connectivity index (χ0v) is 18.5. The predicted octanol–water partition coefficient (Wildman–Crippen LogP) is 2.36. The number of carbonyl (C=O) groups excluding carboxylic acids is 3. The average Bonchev–Trinajstić information content (AvgIpc) is 3.51. The number of benzene rings is 1. The molecule has 3 heterocycles. The summed E-state index contributed by atoms with van der Waals surface area (Å²) in [6, 6.07) is 6.82. The lowest BCUT2D eigenvalue weighted by molar-refractivity contribution is -0.121. The Morgan fingerprint density at radius 3 is 2.65 bits per heavy atom. The molecule has 3 aliphatic heterocycles. The van der Waals surface area contributed by atoms with Crippen molar-refractivity contribution in [1.29, 1.82) is 0 Å². The molecule has 0 aliphatic carbocycles. The molecule has 3 amide bonds. The predicted molar refractivity (Wildman–Crippen MR) is 120 cm³/mol. The second kappa shape index (κ2) is 9.82. The van der Waals surface area contributed by atoms with Crippen LogP contribution in [0.2, 0.25) is 0 Å². The Hall–Kier alpha value is -2.39. The lowest BCUT2D eigenvalue weighted by Crippen LogP contribution is -2.34. The number of anilines is 1. The van der Waals surface area contributed by atoms with Crippen LogP contribution in [0.4, 0.5) is 5.69 Å². The van der Waals surface area contributed by atoms with Crippen LogP contribution in [0.1, 0.15) is 42.5 Å². The molecule has 2 atom stereocenters. The van der Waals surface area contributed by atoms with E-state index in [-0.39, 0.29) is 30.2 Å². The van der Waals surface area contributed by atoms with Gasteiger partial charge >= 0.3 is 0 Å². The van der Waals surface area contributed by atoms with Gasteiger partial charge in [-0.2, -0.15) is 4.99 Å². The van der Waals surface area contributed by atoms with Crippen molar-refractivity contribution in [3.63, 3.8) is 0 Å². The molecule has 4 rings (SSSR count). The van der Waals surface area contributed by atoms with Crippen LogP contribution in [0.3, 0.4) is 0 Å². The summed E-state index contributed by atoms with van der Waals surface area (Å²) in [7, 11) is 1.77. The number of carbonyl (C=O) groups is 3. The normalized spacial score (nSPS) is 23.2. The third-order valence-electron chi connectivity index (χ3n) is 5.74. The monoisotopic (exact) mass is 444 g/mol. The molecule has 1 aromatic rings. The molecule has 31 heavy (non-hydrogen) atoms. The SMILES string of the molecule is CN(CC1CCCO1)C(=O)c1ccc(NC(=O)CC2SC(N3CCCC3)=NC2=O)cc1. The van der Waals surface area contributed by atoms with Crippen molar-refractivity contribution in [2.45, 2.75) is 43.5 Å². The lowest BCUT2D eigenvalue weighted by Gasteiger charge is -2.21. The van der Waals surface area contributed by atoms with Crippen molar-refractivity contribution >= 4 is 40.3 Å². The highest BCUT2D eigenvalue weighted by Gasteiger charge is 2.33. The van der Waals surface area contributed by atoms with E-state index in [9.17, 15) is 14.4 Å². The Labute approximate surface area is 186 Å². The maximum Gasteiger partial charge on any atom is 0.262 e. The van der Waals surface area contributed by atoms with Gasteiger partial charge in [0.25, 0.3) is 11.8 Å². The quantitative estimate of drug-likeness (QED) is 0.724. The fourth-order valence-corrected chi connectivity index (χ4v) is 5.14. The van der Waals surface area contributed by atoms with Gasteiger partial charge in [0.15, 0.2) is 5.17 Å². The third kappa shape index (κ3) is 5.46. The molecule has 0 radical (unpaired) electrons. The van der Waals surface area contributed by atoms with Crippen LogP contribution in [0.5, 0.6) is 0 Å². The fourth-order valence-electron chi connectivity index (χ4n) is 4.03. The molecule has 0 bridgehead atoms.